The van der Waals surface area contributed by atoms with Crippen molar-refractivity contribution in [3.05, 3.63) is 52.3 Å². The molecule has 1 heterocycles. The van der Waals surface area contributed by atoms with E-state index in [1.807, 2.05) is 0 Å². The highest BCUT2D eigenvalue weighted by Crippen LogP contribution is 2.17. The first-order chi connectivity index (χ1) is 13.3. The van der Waals surface area contributed by atoms with E-state index in [1.165, 1.54) is 14.2 Å². The van der Waals surface area contributed by atoms with Gasteiger partial charge in [0, 0.05) is 18.8 Å². The Labute approximate surface area is 159 Å². The second-order valence-corrected chi connectivity index (χ2v) is 5.50. The van der Waals surface area contributed by atoms with Gasteiger partial charge < -0.3 is 24.1 Å². The lowest BCUT2D eigenvalue weighted by Crippen LogP contribution is -2.37. The summed E-state index contributed by atoms with van der Waals surface area (Å²) in [5, 5.41) is 13.1. The van der Waals surface area contributed by atoms with Gasteiger partial charge in [-0.3, -0.25) is 19.7 Å². The summed E-state index contributed by atoms with van der Waals surface area (Å²) < 4.78 is 14.5. The smallest absolute Gasteiger partial charge is 0.433 e. The highest BCUT2D eigenvalue weighted by Gasteiger charge is 2.21. The molecule has 0 bridgehead atoms. The number of nitro groups is 1. The zero-order chi connectivity index (χ0) is 20.7. The molecular formula is C17H17N3O8. The summed E-state index contributed by atoms with van der Waals surface area (Å²) in [6.45, 7) is -0.934. The van der Waals surface area contributed by atoms with Crippen molar-refractivity contribution in [3.8, 4) is 5.75 Å². The third-order valence-corrected chi connectivity index (χ3v) is 3.46. The predicted molar refractivity (Wildman–Crippen MR) is 94.9 cm³/mol. The number of amides is 2. The number of esters is 1. The van der Waals surface area contributed by atoms with Gasteiger partial charge in [0.1, 0.15) is 10.7 Å². The van der Waals surface area contributed by atoms with Crippen LogP contribution in [0.3, 0.4) is 0 Å². The van der Waals surface area contributed by atoms with Crippen molar-refractivity contribution in [3.63, 3.8) is 0 Å². The van der Waals surface area contributed by atoms with E-state index in [-0.39, 0.29) is 6.54 Å². The molecule has 0 unspecified atom stereocenters. The molecule has 0 aliphatic carbocycles. The number of furan rings is 1. The topological polar surface area (TPSA) is 141 Å². The molecule has 28 heavy (non-hydrogen) atoms. The van der Waals surface area contributed by atoms with Crippen molar-refractivity contribution < 1.29 is 33.2 Å². The van der Waals surface area contributed by atoms with Crippen LogP contribution in [0.5, 0.6) is 5.75 Å². The van der Waals surface area contributed by atoms with Gasteiger partial charge in [-0.05, 0) is 18.2 Å². The van der Waals surface area contributed by atoms with Crippen LogP contribution in [-0.4, -0.2) is 54.9 Å². The van der Waals surface area contributed by atoms with Crippen molar-refractivity contribution in [2.45, 2.75) is 0 Å². The lowest BCUT2D eigenvalue weighted by molar-refractivity contribution is -0.402. The minimum absolute atomic E-state index is 0.278. The van der Waals surface area contributed by atoms with Gasteiger partial charge in [-0.15, -0.1) is 0 Å². The molecule has 0 aliphatic heterocycles. The summed E-state index contributed by atoms with van der Waals surface area (Å²) >= 11 is 0. The fourth-order valence-corrected chi connectivity index (χ4v) is 2.05. The van der Waals surface area contributed by atoms with Crippen LogP contribution in [0.2, 0.25) is 0 Å². The van der Waals surface area contributed by atoms with Crippen LogP contribution in [0, 0.1) is 10.1 Å². The number of carbonyl (C=O) groups excluding carboxylic acids is 3. The molecule has 0 aliphatic rings. The summed E-state index contributed by atoms with van der Waals surface area (Å²) in [7, 11) is 2.86. The van der Waals surface area contributed by atoms with Gasteiger partial charge in [-0.2, -0.15) is 0 Å². The number of methoxy groups -OCH3 is 1. The summed E-state index contributed by atoms with van der Waals surface area (Å²) in [5.41, 5.74) is 0.496. The standard InChI is InChI=1S/C17H17N3O8/c1-19(9-14(21)18-11-4-3-5-12(8-11)26-2)15(22)10-27-17(23)13-6-7-16(28-13)20(24)25/h3-8H,9-10H2,1-2H3,(H,18,21). The highest BCUT2D eigenvalue weighted by molar-refractivity contribution is 5.95. The van der Waals surface area contributed by atoms with Crippen molar-refractivity contribution in [2.24, 2.45) is 0 Å². The first-order valence-electron chi connectivity index (χ1n) is 7.89. The third kappa shape index (κ3) is 5.56. The van der Waals surface area contributed by atoms with Crippen LogP contribution in [0.4, 0.5) is 11.6 Å². The Kier molecular flexibility index (Phi) is 6.68. The van der Waals surface area contributed by atoms with E-state index in [2.05, 4.69) is 9.73 Å². The fourth-order valence-electron chi connectivity index (χ4n) is 2.05. The minimum atomic E-state index is -1.03. The van der Waals surface area contributed by atoms with Crippen LogP contribution >= 0.6 is 0 Å². The molecule has 1 aromatic carbocycles. The molecule has 11 heteroatoms. The lowest BCUT2D eigenvalue weighted by atomic mass is 10.3. The first kappa shape index (κ1) is 20.4. The van der Waals surface area contributed by atoms with Gasteiger partial charge in [-0.1, -0.05) is 6.07 Å². The largest absolute Gasteiger partial charge is 0.497 e. The van der Waals surface area contributed by atoms with E-state index in [9.17, 15) is 24.5 Å². The van der Waals surface area contributed by atoms with E-state index in [4.69, 9.17) is 9.47 Å². The number of ether oxygens (including phenoxy) is 2. The highest BCUT2D eigenvalue weighted by atomic mass is 16.7. The monoisotopic (exact) mass is 391 g/mol. The van der Waals surface area contributed by atoms with Crippen molar-refractivity contribution >= 4 is 29.4 Å². The molecule has 0 atom stereocenters. The van der Waals surface area contributed by atoms with Crippen LogP contribution in [0.25, 0.3) is 0 Å². The van der Waals surface area contributed by atoms with Crippen molar-refractivity contribution in [1.29, 1.82) is 0 Å². The van der Waals surface area contributed by atoms with E-state index in [1.54, 1.807) is 24.3 Å². The summed E-state index contributed by atoms with van der Waals surface area (Å²) in [6.07, 6.45) is 0. The van der Waals surface area contributed by atoms with Crippen LogP contribution < -0.4 is 10.1 Å². The Morgan fingerprint density at radius 2 is 2.00 bits per heavy atom. The Balaban J connectivity index is 1.81. The molecule has 2 aromatic rings. The Hall–Kier alpha value is -3.89. The average molecular weight is 391 g/mol. The summed E-state index contributed by atoms with van der Waals surface area (Å²) in [5.74, 6) is -2.60. The van der Waals surface area contributed by atoms with Gasteiger partial charge in [0.05, 0.1) is 19.7 Å². The minimum Gasteiger partial charge on any atom is -0.497 e. The first-order valence-corrected chi connectivity index (χ1v) is 7.89. The lowest BCUT2D eigenvalue weighted by Gasteiger charge is -2.16. The molecule has 1 aromatic heterocycles. The van der Waals surface area contributed by atoms with Gasteiger partial charge in [0.15, 0.2) is 6.61 Å². The normalized spacial score (nSPS) is 10.1. The van der Waals surface area contributed by atoms with Gasteiger partial charge >= 0.3 is 11.9 Å². The summed E-state index contributed by atoms with van der Waals surface area (Å²) in [6, 6.07) is 8.75. The van der Waals surface area contributed by atoms with E-state index in [0.29, 0.717) is 11.4 Å². The average Bonchev–Trinajstić information content (AvgIpc) is 3.16. The Bertz CT molecular complexity index is 892. The number of likely N-dealkylation sites (N-methyl/N-ethyl adjacent to an activating group) is 1. The molecule has 0 radical (unpaired) electrons. The third-order valence-electron chi connectivity index (χ3n) is 3.46. The summed E-state index contributed by atoms with van der Waals surface area (Å²) in [4.78, 5) is 46.5. The van der Waals surface area contributed by atoms with E-state index < -0.39 is 41.0 Å². The Morgan fingerprint density at radius 1 is 1.25 bits per heavy atom. The molecule has 2 rings (SSSR count). The Morgan fingerprint density at radius 3 is 2.64 bits per heavy atom. The molecule has 0 spiro atoms. The number of hydrogen-bond donors (Lipinski definition) is 1. The van der Waals surface area contributed by atoms with Gasteiger partial charge in [0.2, 0.25) is 11.7 Å². The van der Waals surface area contributed by atoms with Gasteiger partial charge in [-0.25, -0.2) is 4.79 Å². The second kappa shape index (κ2) is 9.16. The van der Waals surface area contributed by atoms with Crippen LogP contribution in [0.1, 0.15) is 10.6 Å². The predicted octanol–water partition coefficient (Wildman–Crippen LogP) is 1.45. The molecule has 2 amide bonds. The van der Waals surface area contributed by atoms with Crippen LogP contribution in [0.15, 0.2) is 40.8 Å². The quantitative estimate of drug-likeness (QED) is 0.405. The molecule has 11 nitrogen and oxygen atoms in total. The number of rotatable bonds is 8. The number of anilines is 1. The maximum absolute atomic E-state index is 12.0. The SMILES string of the molecule is COc1cccc(NC(=O)CN(C)C(=O)COC(=O)c2ccc([N+](=O)[O-])o2)c1. The van der Waals surface area contributed by atoms with E-state index >= 15 is 0 Å². The molecule has 0 saturated carbocycles. The van der Waals surface area contributed by atoms with Gasteiger partial charge in [0.25, 0.3) is 5.91 Å². The molecule has 0 saturated heterocycles. The maximum atomic E-state index is 12.0. The van der Waals surface area contributed by atoms with Crippen molar-refractivity contribution in [2.75, 3.05) is 32.6 Å². The second-order valence-electron chi connectivity index (χ2n) is 5.50. The zero-order valence-corrected chi connectivity index (χ0v) is 15.0. The molecule has 148 valence electrons. The molecule has 0 fully saturated rings. The fraction of sp³-hybridized carbons (Fsp3) is 0.235. The molecule has 1 N–H and O–H groups in total. The van der Waals surface area contributed by atoms with E-state index in [0.717, 1.165) is 17.0 Å². The number of benzene rings is 1. The maximum Gasteiger partial charge on any atom is 0.433 e. The molecular weight excluding hydrogens is 374 g/mol. The zero-order valence-electron chi connectivity index (χ0n) is 15.0. The number of hydrogen-bond acceptors (Lipinski definition) is 8. The number of nitrogens with zero attached hydrogens (tertiary/aromatic N) is 2. The number of nitrogens with one attached hydrogen (secondary N) is 1. The van der Waals surface area contributed by atoms with Crippen LogP contribution in [-0.2, 0) is 14.3 Å². The van der Waals surface area contributed by atoms with Crippen molar-refractivity contribution in [1.82, 2.24) is 4.90 Å². The number of carbonyl (C=O) groups is 3.